The van der Waals surface area contributed by atoms with Gasteiger partial charge in [-0.3, -0.25) is 4.79 Å². The summed E-state index contributed by atoms with van der Waals surface area (Å²) in [6.45, 7) is 5.25. The smallest absolute Gasteiger partial charge is 0.242 e. The molecule has 0 spiro atoms. The minimum Gasteiger partial charge on any atom is -0.358 e. The number of anilines is 1. The van der Waals surface area contributed by atoms with Crippen molar-refractivity contribution in [2.24, 2.45) is 5.92 Å². The van der Waals surface area contributed by atoms with Crippen LogP contribution >= 0.6 is 0 Å². The van der Waals surface area contributed by atoms with Crippen LogP contribution in [0.15, 0.2) is 60.7 Å². The molecule has 0 aromatic heterocycles. The van der Waals surface area contributed by atoms with E-state index < -0.39 is 0 Å². The molecule has 0 aliphatic carbocycles. The SMILES string of the molecule is CC1CCN(C(=O)CN(Cc2ccccc2)c2ccccc2)CC1. The van der Waals surface area contributed by atoms with Gasteiger partial charge in [-0.25, -0.2) is 0 Å². The third kappa shape index (κ3) is 4.38. The molecule has 0 radical (unpaired) electrons. The van der Waals surface area contributed by atoms with Crippen molar-refractivity contribution in [2.75, 3.05) is 24.5 Å². The van der Waals surface area contributed by atoms with Crippen LogP contribution in [0.1, 0.15) is 25.3 Å². The topological polar surface area (TPSA) is 23.6 Å². The van der Waals surface area contributed by atoms with Crippen LogP contribution in [-0.4, -0.2) is 30.4 Å². The van der Waals surface area contributed by atoms with Crippen LogP contribution in [0.3, 0.4) is 0 Å². The quantitative estimate of drug-likeness (QED) is 0.832. The molecule has 0 bridgehead atoms. The van der Waals surface area contributed by atoms with Gasteiger partial charge in [0.25, 0.3) is 0 Å². The summed E-state index contributed by atoms with van der Waals surface area (Å²) in [4.78, 5) is 17.0. The van der Waals surface area contributed by atoms with Crippen molar-refractivity contribution in [3.05, 3.63) is 66.2 Å². The third-order valence-corrected chi connectivity index (χ3v) is 4.80. The van der Waals surface area contributed by atoms with Gasteiger partial charge in [0.15, 0.2) is 0 Å². The number of rotatable bonds is 5. The van der Waals surface area contributed by atoms with E-state index in [9.17, 15) is 4.79 Å². The molecule has 0 saturated carbocycles. The summed E-state index contributed by atoms with van der Waals surface area (Å²) < 4.78 is 0. The van der Waals surface area contributed by atoms with E-state index in [0.29, 0.717) is 6.54 Å². The van der Waals surface area contributed by atoms with Crippen molar-refractivity contribution in [3.8, 4) is 0 Å². The second-order valence-electron chi connectivity index (χ2n) is 6.74. The van der Waals surface area contributed by atoms with Crippen LogP contribution in [0.25, 0.3) is 0 Å². The number of amides is 1. The molecule has 3 rings (SSSR count). The second kappa shape index (κ2) is 8.00. The largest absolute Gasteiger partial charge is 0.358 e. The molecule has 0 atom stereocenters. The highest BCUT2D eigenvalue weighted by atomic mass is 16.2. The van der Waals surface area contributed by atoms with E-state index in [1.54, 1.807) is 0 Å². The standard InChI is InChI=1S/C21H26N2O/c1-18-12-14-22(15-13-18)21(24)17-23(20-10-6-3-7-11-20)16-19-8-4-2-5-9-19/h2-11,18H,12-17H2,1H3. The lowest BCUT2D eigenvalue weighted by Gasteiger charge is -2.33. The Balaban J connectivity index is 1.71. The Labute approximate surface area is 144 Å². The van der Waals surface area contributed by atoms with Gasteiger partial charge in [0, 0.05) is 25.3 Å². The molecule has 1 fully saturated rings. The lowest BCUT2D eigenvalue weighted by Crippen LogP contribution is -2.43. The molecule has 3 heteroatoms. The summed E-state index contributed by atoms with van der Waals surface area (Å²) in [5, 5.41) is 0. The lowest BCUT2D eigenvalue weighted by atomic mass is 9.99. The normalized spacial score (nSPS) is 15.3. The monoisotopic (exact) mass is 322 g/mol. The van der Waals surface area contributed by atoms with Crippen LogP contribution in [0.5, 0.6) is 0 Å². The van der Waals surface area contributed by atoms with Crippen LogP contribution < -0.4 is 4.90 Å². The van der Waals surface area contributed by atoms with Crippen molar-refractivity contribution in [2.45, 2.75) is 26.3 Å². The van der Waals surface area contributed by atoms with Gasteiger partial charge in [-0.05, 0) is 36.5 Å². The highest BCUT2D eigenvalue weighted by Gasteiger charge is 2.22. The van der Waals surface area contributed by atoms with Gasteiger partial charge in [-0.1, -0.05) is 55.5 Å². The van der Waals surface area contributed by atoms with E-state index in [2.05, 4.69) is 36.1 Å². The summed E-state index contributed by atoms with van der Waals surface area (Å²) in [5.74, 6) is 0.977. The number of carbonyl (C=O) groups excluding carboxylic acids is 1. The van der Waals surface area contributed by atoms with E-state index in [4.69, 9.17) is 0 Å². The number of hydrogen-bond donors (Lipinski definition) is 0. The number of carbonyl (C=O) groups is 1. The van der Waals surface area contributed by atoms with Gasteiger partial charge in [0.1, 0.15) is 0 Å². The number of likely N-dealkylation sites (tertiary alicyclic amines) is 1. The molecule has 0 N–H and O–H groups in total. The molecule has 1 saturated heterocycles. The van der Waals surface area contributed by atoms with Crippen LogP contribution in [0.4, 0.5) is 5.69 Å². The van der Waals surface area contributed by atoms with Crippen LogP contribution in [0, 0.1) is 5.92 Å². The zero-order valence-electron chi connectivity index (χ0n) is 14.4. The zero-order chi connectivity index (χ0) is 16.8. The first-order valence-corrected chi connectivity index (χ1v) is 8.84. The highest BCUT2D eigenvalue weighted by molar-refractivity contribution is 5.81. The van der Waals surface area contributed by atoms with E-state index >= 15 is 0 Å². The lowest BCUT2D eigenvalue weighted by molar-refractivity contribution is -0.131. The molecule has 1 aliphatic heterocycles. The fourth-order valence-corrected chi connectivity index (χ4v) is 3.20. The Morgan fingerprint density at radius 1 is 1.00 bits per heavy atom. The first-order valence-electron chi connectivity index (χ1n) is 8.84. The summed E-state index contributed by atoms with van der Waals surface area (Å²) in [6, 6.07) is 20.6. The summed E-state index contributed by atoms with van der Waals surface area (Å²) in [7, 11) is 0. The van der Waals surface area contributed by atoms with Gasteiger partial charge >= 0.3 is 0 Å². The fourth-order valence-electron chi connectivity index (χ4n) is 3.20. The molecule has 3 nitrogen and oxygen atoms in total. The second-order valence-corrected chi connectivity index (χ2v) is 6.74. The summed E-state index contributed by atoms with van der Waals surface area (Å²) in [5.41, 5.74) is 2.32. The molecule has 2 aromatic rings. The molecule has 1 heterocycles. The number of benzene rings is 2. The van der Waals surface area contributed by atoms with Gasteiger partial charge in [0.05, 0.1) is 6.54 Å². The van der Waals surface area contributed by atoms with Crippen LogP contribution in [-0.2, 0) is 11.3 Å². The van der Waals surface area contributed by atoms with Gasteiger partial charge in [0.2, 0.25) is 5.91 Å². The van der Waals surface area contributed by atoms with Crippen molar-refractivity contribution >= 4 is 11.6 Å². The van der Waals surface area contributed by atoms with E-state index in [1.165, 1.54) is 5.56 Å². The van der Waals surface area contributed by atoms with Crippen molar-refractivity contribution in [1.82, 2.24) is 4.90 Å². The molecule has 24 heavy (non-hydrogen) atoms. The molecule has 0 unspecified atom stereocenters. The number of para-hydroxylation sites is 1. The molecule has 1 amide bonds. The van der Waals surface area contributed by atoms with Crippen molar-refractivity contribution in [1.29, 1.82) is 0 Å². The van der Waals surface area contributed by atoms with E-state index in [-0.39, 0.29) is 5.91 Å². The minimum absolute atomic E-state index is 0.238. The van der Waals surface area contributed by atoms with E-state index in [0.717, 1.165) is 44.1 Å². The average molecular weight is 322 g/mol. The Morgan fingerprint density at radius 3 is 2.21 bits per heavy atom. The molecular weight excluding hydrogens is 296 g/mol. The molecule has 2 aromatic carbocycles. The third-order valence-electron chi connectivity index (χ3n) is 4.80. The van der Waals surface area contributed by atoms with E-state index in [1.807, 2.05) is 41.3 Å². The maximum atomic E-state index is 12.8. The predicted molar refractivity (Wildman–Crippen MR) is 98.9 cm³/mol. The Hall–Kier alpha value is -2.29. The number of piperidine rings is 1. The van der Waals surface area contributed by atoms with Gasteiger partial charge in [-0.15, -0.1) is 0 Å². The maximum absolute atomic E-state index is 12.8. The summed E-state index contributed by atoms with van der Waals surface area (Å²) >= 11 is 0. The Morgan fingerprint density at radius 2 is 1.58 bits per heavy atom. The maximum Gasteiger partial charge on any atom is 0.242 e. The zero-order valence-corrected chi connectivity index (χ0v) is 14.4. The summed E-state index contributed by atoms with van der Waals surface area (Å²) in [6.07, 6.45) is 2.24. The molecule has 1 aliphatic rings. The molecular formula is C21H26N2O. The van der Waals surface area contributed by atoms with Gasteiger partial charge < -0.3 is 9.80 Å². The minimum atomic E-state index is 0.238. The van der Waals surface area contributed by atoms with Crippen molar-refractivity contribution < 1.29 is 4.79 Å². The highest BCUT2D eigenvalue weighted by Crippen LogP contribution is 2.19. The predicted octanol–water partition coefficient (Wildman–Crippen LogP) is 3.95. The fraction of sp³-hybridized carbons (Fsp3) is 0.381. The first-order chi connectivity index (χ1) is 11.7. The Kier molecular flexibility index (Phi) is 5.52. The number of nitrogens with zero attached hydrogens (tertiary/aromatic N) is 2. The average Bonchev–Trinajstić information content (AvgIpc) is 2.63. The van der Waals surface area contributed by atoms with Gasteiger partial charge in [-0.2, -0.15) is 0 Å². The van der Waals surface area contributed by atoms with Crippen molar-refractivity contribution in [3.63, 3.8) is 0 Å². The molecule has 126 valence electrons. The number of hydrogen-bond acceptors (Lipinski definition) is 2. The Bertz CT molecular complexity index is 633. The van der Waals surface area contributed by atoms with Crippen LogP contribution in [0.2, 0.25) is 0 Å². The first kappa shape index (κ1) is 16.6.